The maximum atomic E-state index is 12.4. The summed E-state index contributed by atoms with van der Waals surface area (Å²) in [6, 6.07) is 7.57. The van der Waals surface area contributed by atoms with Gasteiger partial charge in [-0.2, -0.15) is 0 Å². The van der Waals surface area contributed by atoms with E-state index in [1.807, 2.05) is 28.8 Å². The summed E-state index contributed by atoms with van der Waals surface area (Å²) >= 11 is 6.03. The molecule has 0 atom stereocenters. The van der Waals surface area contributed by atoms with Gasteiger partial charge in [0.15, 0.2) is 5.43 Å². The summed E-state index contributed by atoms with van der Waals surface area (Å²) in [5.74, 6) is -0.668. The predicted molar refractivity (Wildman–Crippen MR) is 86.4 cm³/mol. The Morgan fingerprint density at radius 1 is 1.27 bits per heavy atom. The number of fused-ring (bicyclic) bond motifs is 1. The van der Waals surface area contributed by atoms with E-state index >= 15 is 0 Å². The van der Waals surface area contributed by atoms with Crippen LogP contribution in [0.2, 0.25) is 5.02 Å². The van der Waals surface area contributed by atoms with Crippen molar-refractivity contribution in [2.45, 2.75) is 32.2 Å². The Bertz CT molecular complexity index is 796. The number of carbonyl (C=O) groups excluding carboxylic acids is 1. The van der Waals surface area contributed by atoms with Crippen molar-refractivity contribution in [2.75, 3.05) is 0 Å². The van der Waals surface area contributed by atoms with E-state index in [0.29, 0.717) is 18.0 Å². The van der Waals surface area contributed by atoms with Gasteiger partial charge in [0.05, 0.1) is 0 Å². The molecule has 4 nitrogen and oxygen atoms in total. The summed E-state index contributed by atoms with van der Waals surface area (Å²) in [4.78, 5) is 23.9. The summed E-state index contributed by atoms with van der Waals surface area (Å²) in [6.07, 6.45) is 5.18. The average molecular weight is 317 g/mol. The van der Waals surface area contributed by atoms with E-state index in [0.717, 1.165) is 36.1 Å². The molecule has 0 unspecified atom stereocenters. The Labute approximate surface area is 133 Å². The van der Waals surface area contributed by atoms with Crippen LogP contribution in [-0.2, 0) is 19.4 Å². The first-order valence-electron chi connectivity index (χ1n) is 7.35. The Morgan fingerprint density at radius 3 is 2.77 bits per heavy atom. The van der Waals surface area contributed by atoms with Gasteiger partial charge in [-0.1, -0.05) is 23.7 Å². The number of primary amides is 1. The molecule has 1 heterocycles. The molecule has 0 saturated heterocycles. The second kappa shape index (κ2) is 5.97. The van der Waals surface area contributed by atoms with Crippen LogP contribution in [0.4, 0.5) is 0 Å². The van der Waals surface area contributed by atoms with Gasteiger partial charge in [-0.3, -0.25) is 9.59 Å². The Morgan fingerprint density at radius 2 is 2.05 bits per heavy atom. The van der Waals surface area contributed by atoms with E-state index in [-0.39, 0.29) is 11.0 Å². The number of hydrogen-bond donors (Lipinski definition) is 1. The summed E-state index contributed by atoms with van der Waals surface area (Å²) in [6.45, 7) is 0.573. The molecule has 1 aliphatic rings. The van der Waals surface area contributed by atoms with Gasteiger partial charge in [-0.05, 0) is 43.4 Å². The van der Waals surface area contributed by atoms with Crippen LogP contribution < -0.4 is 11.2 Å². The molecule has 1 aromatic carbocycles. The van der Waals surface area contributed by atoms with Crippen LogP contribution in [0.5, 0.6) is 0 Å². The van der Waals surface area contributed by atoms with Crippen LogP contribution in [0.3, 0.4) is 0 Å². The molecule has 3 rings (SSSR count). The highest BCUT2D eigenvalue weighted by Crippen LogP contribution is 2.21. The number of nitrogens with two attached hydrogens (primary N) is 1. The summed E-state index contributed by atoms with van der Waals surface area (Å²) < 4.78 is 1.97. The standard InChI is InChI=1S/C17H17ClN2O2/c18-12-5-3-4-11(8-12)9-20-10-14(17(19)22)16(21)13-6-1-2-7-15(13)20/h3-5,8,10H,1-2,6-7,9H2,(H2,19,22). The van der Waals surface area contributed by atoms with E-state index in [2.05, 4.69) is 0 Å². The van der Waals surface area contributed by atoms with Gasteiger partial charge < -0.3 is 10.3 Å². The van der Waals surface area contributed by atoms with Crippen molar-refractivity contribution in [3.8, 4) is 0 Å². The van der Waals surface area contributed by atoms with Crippen molar-refractivity contribution < 1.29 is 4.79 Å². The number of benzene rings is 1. The lowest BCUT2D eigenvalue weighted by Crippen LogP contribution is -2.30. The first-order chi connectivity index (χ1) is 10.6. The van der Waals surface area contributed by atoms with Gasteiger partial charge >= 0.3 is 0 Å². The molecule has 1 amide bonds. The molecule has 0 spiro atoms. The van der Waals surface area contributed by atoms with Crippen LogP contribution >= 0.6 is 11.6 Å². The van der Waals surface area contributed by atoms with Crippen molar-refractivity contribution in [1.29, 1.82) is 0 Å². The van der Waals surface area contributed by atoms with Gasteiger partial charge in [0.1, 0.15) is 5.56 Å². The number of nitrogens with zero attached hydrogens (tertiary/aromatic N) is 1. The lowest BCUT2D eigenvalue weighted by Gasteiger charge is -2.22. The molecule has 0 saturated carbocycles. The second-order valence-corrected chi connectivity index (χ2v) is 6.06. The van der Waals surface area contributed by atoms with Crippen LogP contribution in [0.15, 0.2) is 35.3 Å². The molecule has 0 radical (unpaired) electrons. The second-order valence-electron chi connectivity index (χ2n) is 5.63. The SMILES string of the molecule is NC(=O)c1cn(Cc2cccc(Cl)c2)c2c(c1=O)CCCC2. The van der Waals surface area contributed by atoms with Crippen molar-refractivity contribution in [3.63, 3.8) is 0 Å². The quantitative estimate of drug-likeness (QED) is 0.945. The monoisotopic (exact) mass is 316 g/mol. The molecule has 1 aromatic heterocycles. The van der Waals surface area contributed by atoms with Crippen LogP contribution in [0.25, 0.3) is 0 Å². The number of amides is 1. The molecule has 0 fully saturated rings. The number of aromatic nitrogens is 1. The van der Waals surface area contributed by atoms with E-state index in [1.165, 1.54) is 0 Å². The summed E-state index contributed by atoms with van der Waals surface area (Å²) in [7, 11) is 0. The minimum absolute atomic E-state index is 0.0719. The number of rotatable bonds is 3. The maximum Gasteiger partial charge on any atom is 0.254 e. The molecule has 0 aliphatic heterocycles. The molecule has 0 bridgehead atoms. The van der Waals surface area contributed by atoms with Gasteiger partial charge in [0, 0.05) is 29.0 Å². The van der Waals surface area contributed by atoms with Crippen LogP contribution in [-0.4, -0.2) is 10.5 Å². The minimum Gasteiger partial charge on any atom is -0.365 e. The normalized spacial score (nSPS) is 13.7. The first-order valence-corrected chi connectivity index (χ1v) is 7.73. The maximum absolute atomic E-state index is 12.4. The Hall–Kier alpha value is -2.07. The van der Waals surface area contributed by atoms with Crippen molar-refractivity contribution in [3.05, 3.63) is 68.1 Å². The third-order valence-corrected chi connectivity index (χ3v) is 4.33. The zero-order valence-electron chi connectivity index (χ0n) is 12.1. The molecule has 22 heavy (non-hydrogen) atoms. The van der Waals surface area contributed by atoms with Gasteiger partial charge in [0.25, 0.3) is 5.91 Å². The lowest BCUT2D eigenvalue weighted by molar-refractivity contribution is 0.0998. The number of hydrogen-bond acceptors (Lipinski definition) is 2. The fourth-order valence-electron chi connectivity index (χ4n) is 3.05. The van der Waals surface area contributed by atoms with Gasteiger partial charge in [-0.15, -0.1) is 0 Å². The Kier molecular flexibility index (Phi) is 4.03. The van der Waals surface area contributed by atoms with Gasteiger partial charge in [0.2, 0.25) is 0 Å². The predicted octanol–water partition coefficient (Wildman–Crippen LogP) is 2.53. The van der Waals surface area contributed by atoms with E-state index in [9.17, 15) is 9.59 Å². The fraction of sp³-hybridized carbons (Fsp3) is 0.294. The van der Waals surface area contributed by atoms with Gasteiger partial charge in [-0.25, -0.2) is 0 Å². The summed E-state index contributed by atoms with van der Waals surface area (Å²) in [5.41, 5.74) is 8.01. The van der Waals surface area contributed by atoms with E-state index in [1.54, 1.807) is 6.20 Å². The first kappa shape index (κ1) is 14.9. The highest BCUT2D eigenvalue weighted by molar-refractivity contribution is 6.30. The zero-order chi connectivity index (χ0) is 15.7. The largest absolute Gasteiger partial charge is 0.365 e. The number of pyridine rings is 1. The third kappa shape index (κ3) is 2.79. The molecular formula is C17H17ClN2O2. The highest BCUT2D eigenvalue weighted by atomic mass is 35.5. The van der Waals surface area contributed by atoms with E-state index in [4.69, 9.17) is 17.3 Å². The number of carbonyl (C=O) groups is 1. The molecular weight excluding hydrogens is 300 g/mol. The highest BCUT2D eigenvalue weighted by Gasteiger charge is 2.20. The lowest BCUT2D eigenvalue weighted by atomic mass is 9.93. The molecule has 114 valence electrons. The topological polar surface area (TPSA) is 65.1 Å². The minimum atomic E-state index is -0.668. The van der Waals surface area contributed by atoms with Crippen LogP contribution in [0, 0.1) is 0 Å². The van der Waals surface area contributed by atoms with Crippen molar-refractivity contribution >= 4 is 17.5 Å². The number of halogens is 1. The third-order valence-electron chi connectivity index (χ3n) is 4.10. The average Bonchev–Trinajstić information content (AvgIpc) is 2.50. The van der Waals surface area contributed by atoms with Crippen molar-refractivity contribution in [1.82, 2.24) is 4.57 Å². The molecule has 1 aliphatic carbocycles. The fourth-order valence-corrected chi connectivity index (χ4v) is 3.27. The van der Waals surface area contributed by atoms with Crippen LogP contribution in [0.1, 0.15) is 40.0 Å². The summed E-state index contributed by atoms with van der Waals surface area (Å²) in [5, 5.41) is 0.669. The smallest absolute Gasteiger partial charge is 0.254 e. The van der Waals surface area contributed by atoms with Crippen molar-refractivity contribution in [2.24, 2.45) is 5.73 Å². The zero-order valence-corrected chi connectivity index (χ0v) is 12.9. The molecule has 5 heteroatoms. The molecule has 2 N–H and O–H groups in total. The Balaban J connectivity index is 2.12. The van der Waals surface area contributed by atoms with E-state index < -0.39 is 5.91 Å². The molecule has 2 aromatic rings.